The third-order valence-electron chi connectivity index (χ3n) is 7.68. The Balaban J connectivity index is 1.79. The molecule has 3 N–H and O–H groups in total. The summed E-state index contributed by atoms with van der Waals surface area (Å²) in [4.78, 5) is 41.9. The summed E-state index contributed by atoms with van der Waals surface area (Å²) in [6.07, 6.45) is 8.33. The predicted octanol–water partition coefficient (Wildman–Crippen LogP) is 3.39. The molecule has 188 valence electrons. The Bertz CT molecular complexity index is 733. The Morgan fingerprint density at radius 2 is 1.58 bits per heavy atom. The minimum Gasteiger partial charge on any atom is -0.458 e. The number of carbonyl (C=O) groups excluding carboxylic acids is 3. The number of rotatable bonds is 5. The summed E-state index contributed by atoms with van der Waals surface area (Å²) in [5.41, 5.74) is 5.21. The SMILES string of the molecule is CC(C)(C)OC(=O)[C@H]1[C@H]2CCC[C@H]2CN1C(=O)[C@H](NC(=O)[C@H](N)C1CCCCC1)C(C)(C)C. The van der Waals surface area contributed by atoms with Gasteiger partial charge in [-0.1, -0.05) is 46.5 Å². The fourth-order valence-electron chi connectivity index (χ4n) is 5.96. The lowest BCUT2D eigenvalue weighted by molar-refractivity contribution is -0.165. The Kier molecular flexibility index (Phi) is 7.82. The lowest BCUT2D eigenvalue weighted by Crippen LogP contribution is -2.60. The second-order valence-corrected chi connectivity index (χ2v) is 12.6. The van der Waals surface area contributed by atoms with Crippen LogP contribution in [0, 0.1) is 23.2 Å². The molecule has 3 rings (SSSR count). The first kappa shape index (κ1) is 26.0. The lowest BCUT2D eigenvalue weighted by Gasteiger charge is -2.37. The molecular weight excluding hydrogens is 418 g/mol. The number of ether oxygens (including phenoxy) is 1. The Labute approximate surface area is 199 Å². The number of carbonyl (C=O) groups is 3. The van der Waals surface area contributed by atoms with Gasteiger partial charge in [0, 0.05) is 6.54 Å². The minimum atomic E-state index is -0.747. The zero-order chi connectivity index (χ0) is 24.6. The molecule has 0 unspecified atom stereocenters. The predicted molar refractivity (Wildman–Crippen MR) is 128 cm³/mol. The molecule has 3 aliphatic rings. The van der Waals surface area contributed by atoms with Gasteiger partial charge in [-0.2, -0.15) is 0 Å². The van der Waals surface area contributed by atoms with Gasteiger partial charge in [0.05, 0.1) is 6.04 Å². The fourth-order valence-corrected chi connectivity index (χ4v) is 5.96. The summed E-state index contributed by atoms with van der Waals surface area (Å²) in [6.45, 7) is 11.9. The zero-order valence-corrected chi connectivity index (χ0v) is 21.5. The number of hydrogen-bond donors (Lipinski definition) is 2. The standard InChI is InChI=1S/C26H45N3O4/c1-25(2,3)21(28-22(30)19(27)16-11-8-7-9-12-16)23(31)29-15-17-13-10-14-18(17)20(29)24(32)33-26(4,5)6/h16-21H,7-15,27H2,1-6H3,(H,28,30)/t17-,18-,19+,20+,21-/m0/s1. The molecule has 3 fully saturated rings. The maximum atomic E-state index is 13.9. The van der Waals surface area contributed by atoms with Crippen molar-refractivity contribution < 1.29 is 19.1 Å². The molecule has 0 aromatic rings. The van der Waals surface area contributed by atoms with Gasteiger partial charge in [-0.3, -0.25) is 9.59 Å². The smallest absolute Gasteiger partial charge is 0.329 e. The number of fused-ring (bicyclic) bond motifs is 1. The van der Waals surface area contributed by atoms with Crippen molar-refractivity contribution in [3.63, 3.8) is 0 Å². The Morgan fingerprint density at radius 1 is 0.939 bits per heavy atom. The zero-order valence-electron chi connectivity index (χ0n) is 21.5. The van der Waals surface area contributed by atoms with Crippen LogP contribution in [-0.4, -0.2) is 53.0 Å². The highest BCUT2D eigenvalue weighted by atomic mass is 16.6. The maximum absolute atomic E-state index is 13.9. The highest BCUT2D eigenvalue weighted by molar-refractivity contribution is 5.93. The first-order valence-electron chi connectivity index (χ1n) is 12.9. The van der Waals surface area contributed by atoms with E-state index in [4.69, 9.17) is 10.5 Å². The summed E-state index contributed by atoms with van der Waals surface area (Å²) < 4.78 is 5.73. The average Bonchev–Trinajstić information content (AvgIpc) is 3.30. The van der Waals surface area contributed by atoms with E-state index < -0.39 is 29.1 Å². The molecule has 2 amide bonds. The van der Waals surface area contributed by atoms with Crippen molar-refractivity contribution in [2.24, 2.45) is 28.9 Å². The topological polar surface area (TPSA) is 102 Å². The normalized spacial score (nSPS) is 28.2. The highest BCUT2D eigenvalue weighted by Crippen LogP contribution is 2.43. The van der Waals surface area contributed by atoms with Crippen LogP contribution in [0.5, 0.6) is 0 Å². The molecule has 7 heteroatoms. The molecule has 0 spiro atoms. The second-order valence-electron chi connectivity index (χ2n) is 12.6. The number of nitrogens with one attached hydrogen (secondary N) is 1. The van der Waals surface area contributed by atoms with Crippen molar-refractivity contribution in [1.29, 1.82) is 0 Å². The molecule has 0 aromatic heterocycles. The number of nitrogens with zero attached hydrogens (tertiary/aromatic N) is 1. The molecule has 5 atom stereocenters. The lowest BCUT2D eigenvalue weighted by atomic mass is 9.82. The van der Waals surface area contributed by atoms with Gasteiger partial charge < -0.3 is 20.7 Å². The van der Waals surface area contributed by atoms with E-state index in [1.165, 1.54) is 6.42 Å². The maximum Gasteiger partial charge on any atom is 0.329 e. The van der Waals surface area contributed by atoms with E-state index in [1.54, 1.807) is 4.90 Å². The molecule has 0 aromatic carbocycles. The summed E-state index contributed by atoms with van der Waals surface area (Å²) in [5.74, 6) is -0.185. The summed E-state index contributed by atoms with van der Waals surface area (Å²) in [6, 6.07) is -1.94. The van der Waals surface area contributed by atoms with Crippen LogP contribution in [0.1, 0.15) is 92.9 Å². The number of nitrogens with two attached hydrogens (primary N) is 1. The average molecular weight is 464 g/mol. The van der Waals surface area contributed by atoms with Gasteiger partial charge >= 0.3 is 5.97 Å². The minimum absolute atomic E-state index is 0.129. The third kappa shape index (κ3) is 6.09. The molecular formula is C26H45N3O4. The van der Waals surface area contributed by atoms with Crippen molar-refractivity contribution in [2.45, 2.75) is 117 Å². The van der Waals surface area contributed by atoms with Crippen molar-refractivity contribution in [2.75, 3.05) is 6.54 Å². The quantitative estimate of drug-likeness (QED) is 0.609. The van der Waals surface area contributed by atoms with Gasteiger partial charge in [-0.05, 0) is 69.6 Å². The summed E-state index contributed by atoms with van der Waals surface area (Å²) in [5, 5.41) is 3.00. The molecule has 1 heterocycles. The van der Waals surface area contributed by atoms with E-state index in [0.29, 0.717) is 12.5 Å². The number of hydrogen-bond acceptors (Lipinski definition) is 5. The van der Waals surface area contributed by atoms with Crippen LogP contribution < -0.4 is 11.1 Å². The molecule has 1 aliphatic heterocycles. The van der Waals surface area contributed by atoms with Crippen LogP contribution in [0.3, 0.4) is 0 Å². The molecule has 2 aliphatic carbocycles. The molecule has 2 saturated carbocycles. The van der Waals surface area contributed by atoms with Crippen LogP contribution in [-0.2, 0) is 19.1 Å². The van der Waals surface area contributed by atoms with E-state index in [2.05, 4.69) is 5.32 Å². The molecule has 7 nitrogen and oxygen atoms in total. The van der Waals surface area contributed by atoms with E-state index >= 15 is 0 Å². The van der Waals surface area contributed by atoms with Crippen LogP contribution >= 0.6 is 0 Å². The van der Waals surface area contributed by atoms with Crippen molar-refractivity contribution in [1.82, 2.24) is 10.2 Å². The fraction of sp³-hybridized carbons (Fsp3) is 0.885. The molecule has 0 radical (unpaired) electrons. The number of amides is 2. The highest BCUT2D eigenvalue weighted by Gasteiger charge is 2.53. The first-order valence-corrected chi connectivity index (χ1v) is 12.9. The molecule has 33 heavy (non-hydrogen) atoms. The van der Waals surface area contributed by atoms with E-state index in [-0.39, 0.29) is 29.6 Å². The summed E-state index contributed by atoms with van der Waals surface area (Å²) in [7, 11) is 0. The Morgan fingerprint density at radius 3 is 2.15 bits per heavy atom. The second kappa shape index (κ2) is 9.93. The van der Waals surface area contributed by atoms with E-state index in [0.717, 1.165) is 44.9 Å². The van der Waals surface area contributed by atoms with Gasteiger partial charge in [-0.25, -0.2) is 4.79 Å². The number of likely N-dealkylation sites (tertiary alicyclic amines) is 1. The molecule has 1 saturated heterocycles. The van der Waals surface area contributed by atoms with Gasteiger partial charge in [-0.15, -0.1) is 0 Å². The van der Waals surface area contributed by atoms with E-state index in [1.807, 2.05) is 41.5 Å². The van der Waals surface area contributed by atoms with Crippen LogP contribution in [0.25, 0.3) is 0 Å². The van der Waals surface area contributed by atoms with Gasteiger partial charge in [0.1, 0.15) is 17.7 Å². The monoisotopic (exact) mass is 463 g/mol. The van der Waals surface area contributed by atoms with Crippen LogP contribution in [0.15, 0.2) is 0 Å². The first-order chi connectivity index (χ1) is 15.3. The van der Waals surface area contributed by atoms with Crippen LogP contribution in [0.2, 0.25) is 0 Å². The largest absolute Gasteiger partial charge is 0.458 e. The summed E-state index contributed by atoms with van der Waals surface area (Å²) >= 11 is 0. The van der Waals surface area contributed by atoms with Gasteiger partial charge in [0.15, 0.2) is 0 Å². The Hall–Kier alpha value is -1.63. The van der Waals surface area contributed by atoms with Crippen LogP contribution in [0.4, 0.5) is 0 Å². The van der Waals surface area contributed by atoms with Gasteiger partial charge in [0.25, 0.3) is 0 Å². The van der Waals surface area contributed by atoms with Crippen molar-refractivity contribution >= 4 is 17.8 Å². The van der Waals surface area contributed by atoms with Gasteiger partial charge in [0.2, 0.25) is 11.8 Å². The van der Waals surface area contributed by atoms with Crippen molar-refractivity contribution in [3.05, 3.63) is 0 Å². The van der Waals surface area contributed by atoms with E-state index in [9.17, 15) is 14.4 Å². The molecule has 0 bridgehead atoms. The third-order valence-corrected chi connectivity index (χ3v) is 7.68. The number of esters is 1. The van der Waals surface area contributed by atoms with Crippen molar-refractivity contribution in [3.8, 4) is 0 Å².